The summed E-state index contributed by atoms with van der Waals surface area (Å²) in [6.45, 7) is 2.67. The Labute approximate surface area is 171 Å². The number of carbonyl (C=O) groups excluding carboxylic acids is 1. The molecule has 0 unspecified atom stereocenters. The summed E-state index contributed by atoms with van der Waals surface area (Å²) in [7, 11) is 1.59. The highest BCUT2D eigenvalue weighted by atomic mass is 16.5. The molecule has 0 aliphatic heterocycles. The zero-order valence-electron chi connectivity index (χ0n) is 16.6. The summed E-state index contributed by atoms with van der Waals surface area (Å²) in [5, 5.41) is 0. The number of benzene rings is 3. The second-order valence-corrected chi connectivity index (χ2v) is 6.40. The molecule has 148 valence electrons. The van der Waals surface area contributed by atoms with Crippen LogP contribution < -0.4 is 14.2 Å². The molecule has 0 aromatic heterocycles. The van der Waals surface area contributed by atoms with Gasteiger partial charge in [0, 0.05) is 6.08 Å². The maximum absolute atomic E-state index is 12.1. The van der Waals surface area contributed by atoms with E-state index in [0.717, 1.165) is 23.1 Å². The Hall–Kier alpha value is -3.53. The molecule has 3 rings (SSSR count). The molecule has 3 aromatic carbocycles. The molecule has 4 heteroatoms. The Bertz CT molecular complexity index is 960. The van der Waals surface area contributed by atoms with Gasteiger partial charge in [0.1, 0.15) is 5.75 Å². The topological polar surface area (TPSA) is 44.8 Å². The van der Waals surface area contributed by atoms with Crippen molar-refractivity contribution in [1.29, 1.82) is 0 Å². The van der Waals surface area contributed by atoms with Crippen LogP contribution in [-0.2, 0) is 4.79 Å². The van der Waals surface area contributed by atoms with Crippen molar-refractivity contribution in [2.45, 2.75) is 13.3 Å². The molecule has 4 nitrogen and oxygen atoms in total. The zero-order valence-corrected chi connectivity index (χ0v) is 16.6. The van der Waals surface area contributed by atoms with Crippen LogP contribution in [0.4, 0.5) is 0 Å². The smallest absolute Gasteiger partial charge is 0.336 e. The summed E-state index contributed by atoms with van der Waals surface area (Å²) in [4.78, 5) is 12.1. The Morgan fingerprint density at radius 1 is 0.897 bits per heavy atom. The van der Waals surface area contributed by atoms with Gasteiger partial charge in [-0.1, -0.05) is 55.5 Å². The van der Waals surface area contributed by atoms with E-state index >= 15 is 0 Å². The number of rotatable bonds is 8. The molecule has 0 saturated heterocycles. The Morgan fingerprint density at radius 3 is 2.31 bits per heavy atom. The molecule has 0 bridgehead atoms. The average molecular weight is 388 g/mol. The first kappa shape index (κ1) is 20.2. The molecule has 0 heterocycles. The van der Waals surface area contributed by atoms with Crippen molar-refractivity contribution in [3.63, 3.8) is 0 Å². The van der Waals surface area contributed by atoms with Crippen LogP contribution in [0.3, 0.4) is 0 Å². The lowest BCUT2D eigenvalue weighted by atomic mass is 10.1. The number of esters is 1. The van der Waals surface area contributed by atoms with E-state index in [2.05, 4.69) is 0 Å². The summed E-state index contributed by atoms with van der Waals surface area (Å²) >= 11 is 0. The summed E-state index contributed by atoms with van der Waals surface area (Å²) in [5.41, 5.74) is 3.01. The van der Waals surface area contributed by atoms with Gasteiger partial charge in [0.2, 0.25) is 0 Å². The standard InChI is InChI=1S/C25H24O4/c1-3-17-28-23-15-9-19(18-24(23)27-2)10-16-25(26)29-22-13-11-21(12-14-22)20-7-5-4-6-8-20/h4-16,18H,3,17H2,1-2H3/b16-10+. The minimum absolute atomic E-state index is 0.442. The Morgan fingerprint density at radius 2 is 1.62 bits per heavy atom. The predicted molar refractivity (Wildman–Crippen MR) is 115 cm³/mol. The maximum atomic E-state index is 12.1. The third kappa shape index (κ3) is 5.72. The van der Waals surface area contributed by atoms with Gasteiger partial charge in [-0.3, -0.25) is 0 Å². The fraction of sp³-hybridized carbons (Fsp3) is 0.160. The van der Waals surface area contributed by atoms with E-state index < -0.39 is 5.97 Å². The largest absolute Gasteiger partial charge is 0.493 e. The van der Waals surface area contributed by atoms with Crippen molar-refractivity contribution >= 4 is 12.0 Å². The lowest BCUT2D eigenvalue weighted by Crippen LogP contribution is -2.03. The van der Waals surface area contributed by atoms with Crippen LogP contribution in [0.25, 0.3) is 17.2 Å². The molecule has 29 heavy (non-hydrogen) atoms. The van der Waals surface area contributed by atoms with E-state index in [1.54, 1.807) is 25.3 Å². The molecule has 3 aromatic rings. The molecule has 0 radical (unpaired) electrons. The Kier molecular flexibility index (Phi) is 7.06. The molecular formula is C25H24O4. The number of hydrogen-bond acceptors (Lipinski definition) is 4. The van der Waals surface area contributed by atoms with E-state index in [9.17, 15) is 4.79 Å². The van der Waals surface area contributed by atoms with Gasteiger partial charge in [-0.2, -0.15) is 0 Å². The first-order chi connectivity index (χ1) is 14.2. The zero-order chi connectivity index (χ0) is 20.5. The van der Waals surface area contributed by atoms with E-state index in [1.807, 2.05) is 67.6 Å². The third-order valence-electron chi connectivity index (χ3n) is 4.24. The highest BCUT2D eigenvalue weighted by Gasteiger charge is 2.06. The van der Waals surface area contributed by atoms with Gasteiger partial charge in [-0.05, 0) is 53.5 Å². The molecule has 0 aliphatic rings. The van der Waals surface area contributed by atoms with Crippen LogP contribution in [0.15, 0.2) is 78.9 Å². The second-order valence-electron chi connectivity index (χ2n) is 6.40. The SMILES string of the molecule is CCCOc1ccc(/C=C/C(=O)Oc2ccc(-c3ccccc3)cc2)cc1OC. The number of methoxy groups -OCH3 is 1. The van der Waals surface area contributed by atoms with E-state index in [0.29, 0.717) is 23.9 Å². The fourth-order valence-electron chi connectivity index (χ4n) is 2.78. The summed E-state index contributed by atoms with van der Waals surface area (Å²) in [6.07, 6.45) is 4.00. The molecular weight excluding hydrogens is 364 g/mol. The van der Waals surface area contributed by atoms with Crippen LogP contribution in [0.5, 0.6) is 17.2 Å². The van der Waals surface area contributed by atoms with Crippen LogP contribution in [0.1, 0.15) is 18.9 Å². The lowest BCUT2D eigenvalue weighted by molar-refractivity contribution is -0.128. The minimum Gasteiger partial charge on any atom is -0.493 e. The molecule has 0 amide bonds. The summed E-state index contributed by atoms with van der Waals surface area (Å²) < 4.78 is 16.4. The van der Waals surface area contributed by atoms with Crippen molar-refractivity contribution in [1.82, 2.24) is 0 Å². The molecule has 0 fully saturated rings. The minimum atomic E-state index is -0.442. The Balaban J connectivity index is 1.62. The predicted octanol–water partition coefficient (Wildman–Crippen LogP) is 5.77. The van der Waals surface area contributed by atoms with Gasteiger partial charge in [0.05, 0.1) is 13.7 Å². The third-order valence-corrected chi connectivity index (χ3v) is 4.24. The number of hydrogen-bond donors (Lipinski definition) is 0. The highest BCUT2D eigenvalue weighted by Crippen LogP contribution is 2.28. The number of carbonyl (C=O) groups is 1. The summed E-state index contributed by atoms with van der Waals surface area (Å²) in [6, 6.07) is 23.0. The van der Waals surface area contributed by atoms with Gasteiger partial charge in [0.25, 0.3) is 0 Å². The quantitative estimate of drug-likeness (QED) is 0.279. The first-order valence-electron chi connectivity index (χ1n) is 9.56. The second kappa shape index (κ2) is 10.1. The van der Waals surface area contributed by atoms with E-state index in [1.165, 1.54) is 6.08 Å². The van der Waals surface area contributed by atoms with Crippen molar-refractivity contribution in [3.05, 3.63) is 84.4 Å². The number of ether oxygens (including phenoxy) is 3. The van der Waals surface area contributed by atoms with Gasteiger partial charge in [-0.15, -0.1) is 0 Å². The van der Waals surface area contributed by atoms with Crippen molar-refractivity contribution in [2.75, 3.05) is 13.7 Å². The highest BCUT2D eigenvalue weighted by molar-refractivity contribution is 5.89. The van der Waals surface area contributed by atoms with Crippen molar-refractivity contribution in [2.24, 2.45) is 0 Å². The first-order valence-corrected chi connectivity index (χ1v) is 9.56. The maximum Gasteiger partial charge on any atom is 0.336 e. The van der Waals surface area contributed by atoms with E-state index in [-0.39, 0.29) is 0 Å². The van der Waals surface area contributed by atoms with Crippen molar-refractivity contribution in [3.8, 4) is 28.4 Å². The van der Waals surface area contributed by atoms with Gasteiger partial charge in [0.15, 0.2) is 11.5 Å². The van der Waals surface area contributed by atoms with Gasteiger partial charge >= 0.3 is 5.97 Å². The average Bonchev–Trinajstić information content (AvgIpc) is 2.77. The monoisotopic (exact) mass is 388 g/mol. The molecule has 0 saturated carbocycles. The van der Waals surface area contributed by atoms with Gasteiger partial charge < -0.3 is 14.2 Å². The van der Waals surface area contributed by atoms with Crippen LogP contribution in [0, 0.1) is 0 Å². The molecule has 0 N–H and O–H groups in total. The normalized spacial score (nSPS) is 10.7. The fourth-order valence-corrected chi connectivity index (χ4v) is 2.78. The van der Waals surface area contributed by atoms with Gasteiger partial charge in [-0.25, -0.2) is 4.79 Å². The van der Waals surface area contributed by atoms with Crippen LogP contribution in [-0.4, -0.2) is 19.7 Å². The lowest BCUT2D eigenvalue weighted by Gasteiger charge is -2.10. The van der Waals surface area contributed by atoms with Crippen LogP contribution in [0.2, 0.25) is 0 Å². The molecule has 0 atom stereocenters. The van der Waals surface area contributed by atoms with Crippen molar-refractivity contribution < 1.29 is 19.0 Å². The van der Waals surface area contributed by atoms with Crippen LogP contribution >= 0.6 is 0 Å². The molecule has 0 aliphatic carbocycles. The molecule has 0 spiro atoms. The summed E-state index contributed by atoms with van der Waals surface area (Å²) in [5.74, 6) is 1.38. The van der Waals surface area contributed by atoms with E-state index in [4.69, 9.17) is 14.2 Å².